The number of halogens is 3. The van der Waals surface area contributed by atoms with Crippen molar-refractivity contribution in [2.45, 2.75) is 31.5 Å². The number of aromatic nitrogens is 2. The van der Waals surface area contributed by atoms with Gasteiger partial charge >= 0.3 is 6.18 Å². The van der Waals surface area contributed by atoms with Crippen molar-refractivity contribution < 1.29 is 18.0 Å². The van der Waals surface area contributed by atoms with Crippen molar-refractivity contribution in [3.05, 3.63) is 18.1 Å². The zero-order chi connectivity index (χ0) is 14.1. The molecule has 0 unspecified atom stereocenters. The van der Waals surface area contributed by atoms with Crippen molar-refractivity contribution in [3.8, 4) is 0 Å². The Balaban J connectivity index is 2.10. The van der Waals surface area contributed by atoms with Crippen molar-refractivity contribution in [3.63, 3.8) is 0 Å². The van der Waals surface area contributed by atoms with Crippen LogP contribution in [0.1, 0.15) is 30.3 Å². The van der Waals surface area contributed by atoms with Crippen molar-refractivity contribution in [1.82, 2.24) is 15.3 Å². The number of anilines is 1. The summed E-state index contributed by atoms with van der Waals surface area (Å²) in [6.45, 7) is 2.41. The zero-order valence-corrected chi connectivity index (χ0v) is 10.2. The molecule has 0 saturated heterocycles. The minimum absolute atomic E-state index is 0.0947. The van der Waals surface area contributed by atoms with Crippen LogP contribution in [0.15, 0.2) is 12.4 Å². The van der Waals surface area contributed by atoms with Crippen molar-refractivity contribution >= 4 is 11.7 Å². The van der Waals surface area contributed by atoms with Crippen LogP contribution in [0.2, 0.25) is 0 Å². The molecule has 5 nitrogen and oxygen atoms in total. The highest BCUT2D eigenvalue weighted by molar-refractivity contribution is 5.93. The van der Waals surface area contributed by atoms with Gasteiger partial charge in [0.2, 0.25) is 0 Å². The number of hydrogen-bond acceptors (Lipinski definition) is 4. The number of amides is 1. The van der Waals surface area contributed by atoms with Crippen LogP contribution in [0.25, 0.3) is 0 Å². The molecule has 1 saturated carbocycles. The summed E-state index contributed by atoms with van der Waals surface area (Å²) in [5, 5.41) is 4.83. The molecule has 2 N–H and O–H groups in total. The third-order valence-corrected chi connectivity index (χ3v) is 2.87. The Bertz CT molecular complexity index is 485. The van der Waals surface area contributed by atoms with Crippen LogP contribution < -0.4 is 10.6 Å². The minimum Gasteiger partial charge on any atom is -0.369 e. The Morgan fingerprint density at radius 1 is 1.42 bits per heavy atom. The Hall–Kier alpha value is -1.86. The number of nitrogens with one attached hydrogen (secondary N) is 2. The van der Waals surface area contributed by atoms with Gasteiger partial charge in [0.1, 0.15) is 17.1 Å². The van der Waals surface area contributed by atoms with Crippen molar-refractivity contribution in [2.24, 2.45) is 0 Å². The van der Waals surface area contributed by atoms with Crippen molar-refractivity contribution in [1.29, 1.82) is 0 Å². The second-order valence-corrected chi connectivity index (χ2v) is 4.35. The number of carbonyl (C=O) groups is 1. The molecule has 1 amide bonds. The van der Waals surface area contributed by atoms with E-state index in [-0.39, 0.29) is 18.5 Å². The predicted octanol–water partition coefficient (Wildman–Crippen LogP) is 1.73. The van der Waals surface area contributed by atoms with Gasteiger partial charge < -0.3 is 10.6 Å². The molecule has 19 heavy (non-hydrogen) atoms. The Labute approximate surface area is 107 Å². The third kappa shape index (κ3) is 2.77. The fourth-order valence-corrected chi connectivity index (χ4v) is 1.63. The SMILES string of the molecule is CCNc1cncc(C(=O)NC2(C(F)(F)F)CC2)n1. The van der Waals surface area contributed by atoms with Crippen molar-refractivity contribution in [2.75, 3.05) is 11.9 Å². The maximum Gasteiger partial charge on any atom is 0.411 e. The molecule has 0 radical (unpaired) electrons. The fourth-order valence-electron chi connectivity index (χ4n) is 1.63. The predicted molar refractivity (Wildman–Crippen MR) is 61.7 cm³/mol. The van der Waals surface area contributed by atoms with Crippen LogP contribution in [0, 0.1) is 0 Å². The van der Waals surface area contributed by atoms with Gasteiger partial charge in [0.25, 0.3) is 5.91 Å². The zero-order valence-electron chi connectivity index (χ0n) is 10.2. The van der Waals surface area contributed by atoms with Gasteiger partial charge in [-0.15, -0.1) is 0 Å². The van der Waals surface area contributed by atoms with E-state index < -0.39 is 17.6 Å². The maximum absolute atomic E-state index is 12.7. The highest BCUT2D eigenvalue weighted by atomic mass is 19.4. The average Bonchev–Trinajstić information content (AvgIpc) is 3.10. The first kappa shape index (κ1) is 13.6. The smallest absolute Gasteiger partial charge is 0.369 e. The number of alkyl halides is 3. The second kappa shape index (κ2) is 4.67. The lowest BCUT2D eigenvalue weighted by molar-refractivity contribution is -0.163. The summed E-state index contributed by atoms with van der Waals surface area (Å²) in [5.74, 6) is -0.505. The van der Waals surface area contributed by atoms with Crippen LogP contribution >= 0.6 is 0 Å². The average molecular weight is 274 g/mol. The Morgan fingerprint density at radius 3 is 2.63 bits per heavy atom. The molecule has 8 heteroatoms. The van der Waals surface area contributed by atoms with Gasteiger partial charge in [-0.05, 0) is 19.8 Å². The number of rotatable bonds is 4. The highest BCUT2D eigenvalue weighted by Crippen LogP contribution is 2.48. The van der Waals surface area contributed by atoms with E-state index in [0.717, 1.165) is 6.20 Å². The first-order valence-electron chi connectivity index (χ1n) is 5.83. The van der Waals surface area contributed by atoms with E-state index in [1.165, 1.54) is 6.20 Å². The van der Waals surface area contributed by atoms with E-state index in [9.17, 15) is 18.0 Å². The van der Waals surface area contributed by atoms with Gasteiger partial charge in [-0.1, -0.05) is 0 Å². The molecule has 0 atom stereocenters. The molecule has 1 heterocycles. The van der Waals surface area contributed by atoms with Gasteiger partial charge in [-0.25, -0.2) is 4.98 Å². The summed E-state index contributed by atoms with van der Waals surface area (Å²) in [4.78, 5) is 19.4. The molecular weight excluding hydrogens is 261 g/mol. The van der Waals surface area contributed by atoms with E-state index in [0.29, 0.717) is 12.4 Å². The van der Waals surface area contributed by atoms with Gasteiger partial charge in [0.05, 0.1) is 12.4 Å². The molecule has 1 fully saturated rings. The highest BCUT2D eigenvalue weighted by Gasteiger charge is 2.64. The minimum atomic E-state index is -4.44. The number of hydrogen-bond donors (Lipinski definition) is 2. The van der Waals surface area contributed by atoms with Gasteiger partial charge in [0.15, 0.2) is 0 Å². The largest absolute Gasteiger partial charge is 0.411 e. The standard InChI is InChI=1S/C11H13F3N4O/c1-2-16-8-6-15-5-7(17-8)9(19)18-10(3-4-10)11(12,13)14/h5-6H,2-4H2,1H3,(H,16,17)(H,18,19). The molecule has 0 aliphatic heterocycles. The molecule has 1 aliphatic rings. The van der Waals surface area contributed by atoms with E-state index in [1.807, 2.05) is 12.2 Å². The van der Waals surface area contributed by atoms with Crippen LogP contribution in [-0.4, -0.2) is 34.1 Å². The third-order valence-electron chi connectivity index (χ3n) is 2.87. The number of carbonyl (C=O) groups excluding carboxylic acids is 1. The Kier molecular flexibility index (Phi) is 3.34. The molecule has 0 aromatic carbocycles. The Morgan fingerprint density at radius 2 is 2.11 bits per heavy atom. The lowest BCUT2D eigenvalue weighted by atomic mass is 10.2. The molecule has 0 spiro atoms. The lowest BCUT2D eigenvalue weighted by Crippen LogP contribution is -2.48. The topological polar surface area (TPSA) is 66.9 Å². The first-order chi connectivity index (χ1) is 8.88. The summed E-state index contributed by atoms with van der Waals surface area (Å²) in [7, 11) is 0. The quantitative estimate of drug-likeness (QED) is 0.877. The van der Waals surface area contributed by atoms with Crippen LogP contribution in [0.3, 0.4) is 0 Å². The van der Waals surface area contributed by atoms with E-state index >= 15 is 0 Å². The summed E-state index contributed by atoms with van der Waals surface area (Å²) in [6, 6.07) is 0. The van der Waals surface area contributed by atoms with Gasteiger partial charge in [-0.2, -0.15) is 13.2 Å². The normalized spacial score (nSPS) is 16.8. The van der Waals surface area contributed by atoms with E-state index in [4.69, 9.17) is 0 Å². The summed E-state index contributed by atoms with van der Waals surface area (Å²) < 4.78 is 38.1. The first-order valence-corrected chi connectivity index (χ1v) is 5.83. The van der Waals surface area contributed by atoms with Crippen LogP contribution in [0.5, 0.6) is 0 Å². The lowest BCUT2D eigenvalue weighted by Gasteiger charge is -2.20. The summed E-state index contributed by atoms with van der Waals surface area (Å²) >= 11 is 0. The summed E-state index contributed by atoms with van der Waals surface area (Å²) in [6.07, 6.45) is -2.08. The molecule has 104 valence electrons. The molecule has 1 aromatic heterocycles. The molecular formula is C11H13F3N4O. The van der Waals surface area contributed by atoms with Crippen LogP contribution in [0.4, 0.5) is 19.0 Å². The number of nitrogens with zero attached hydrogens (tertiary/aromatic N) is 2. The molecule has 1 aliphatic carbocycles. The molecule has 1 aromatic rings. The van der Waals surface area contributed by atoms with E-state index in [2.05, 4.69) is 15.3 Å². The monoisotopic (exact) mass is 274 g/mol. The van der Waals surface area contributed by atoms with Gasteiger partial charge in [0, 0.05) is 6.54 Å². The van der Waals surface area contributed by atoms with Crippen LogP contribution in [-0.2, 0) is 0 Å². The summed E-state index contributed by atoms with van der Waals surface area (Å²) in [5.41, 5.74) is -2.21. The molecule has 2 rings (SSSR count). The fraction of sp³-hybridized carbons (Fsp3) is 0.545. The van der Waals surface area contributed by atoms with E-state index in [1.54, 1.807) is 0 Å². The maximum atomic E-state index is 12.7. The molecule has 0 bridgehead atoms. The van der Waals surface area contributed by atoms with Gasteiger partial charge in [-0.3, -0.25) is 9.78 Å². The second-order valence-electron chi connectivity index (χ2n) is 4.35.